The molecule has 0 radical (unpaired) electrons. The quantitative estimate of drug-likeness (QED) is 0.932. The number of benzene rings is 1. The highest BCUT2D eigenvalue weighted by Crippen LogP contribution is 2.26. The summed E-state index contributed by atoms with van der Waals surface area (Å²) in [6.07, 6.45) is 3.75. The molecule has 1 aromatic carbocycles. The standard InChI is InChI=1S/C17H23FN2O2/c1-12-11-13(18)4-5-16(12)20-8-2-3-15(17(20)21)19-14-6-9-22-10-7-14/h4-5,11,14-15,19H,2-3,6-10H2,1H3. The number of anilines is 1. The smallest absolute Gasteiger partial charge is 0.244 e. The van der Waals surface area contributed by atoms with E-state index < -0.39 is 0 Å². The first-order chi connectivity index (χ1) is 10.6. The molecule has 0 aromatic heterocycles. The fraction of sp³-hybridized carbons (Fsp3) is 0.588. The second-order valence-electron chi connectivity index (χ2n) is 6.17. The number of hydrogen-bond donors (Lipinski definition) is 1. The lowest BCUT2D eigenvalue weighted by molar-refractivity contribution is -0.122. The molecule has 0 saturated carbocycles. The van der Waals surface area contributed by atoms with Gasteiger partial charge in [0.2, 0.25) is 5.91 Å². The van der Waals surface area contributed by atoms with E-state index in [4.69, 9.17) is 4.74 Å². The van der Waals surface area contributed by atoms with Crippen molar-refractivity contribution in [1.29, 1.82) is 0 Å². The number of piperidine rings is 1. The fourth-order valence-corrected chi connectivity index (χ4v) is 3.34. The Kier molecular flexibility index (Phi) is 4.74. The van der Waals surface area contributed by atoms with E-state index in [-0.39, 0.29) is 17.8 Å². The van der Waals surface area contributed by atoms with E-state index in [2.05, 4.69) is 5.32 Å². The Hall–Kier alpha value is -1.46. The third-order valence-corrected chi connectivity index (χ3v) is 4.55. The minimum atomic E-state index is -0.261. The summed E-state index contributed by atoms with van der Waals surface area (Å²) < 4.78 is 18.6. The summed E-state index contributed by atoms with van der Waals surface area (Å²) in [5.74, 6) is -0.157. The van der Waals surface area contributed by atoms with Crippen molar-refractivity contribution in [2.75, 3.05) is 24.7 Å². The first kappa shape index (κ1) is 15.4. The van der Waals surface area contributed by atoms with Crippen molar-refractivity contribution >= 4 is 11.6 Å². The predicted molar refractivity (Wildman–Crippen MR) is 83.5 cm³/mol. The van der Waals surface area contributed by atoms with Crippen LogP contribution in [0, 0.1) is 12.7 Å². The summed E-state index contributed by atoms with van der Waals surface area (Å²) >= 11 is 0. The summed E-state index contributed by atoms with van der Waals surface area (Å²) in [6, 6.07) is 4.83. The normalized spacial score (nSPS) is 23.8. The molecule has 1 amide bonds. The van der Waals surface area contributed by atoms with Crippen LogP contribution in [0.1, 0.15) is 31.2 Å². The summed E-state index contributed by atoms with van der Waals surface area (Å²) in [5.41, 5.74) is 1.63. The predicted octanol–water partition coefficient (Wildman–Crippen LogP) is 2.40. The molecule has 2 aliphatic heterocycles. The van der Waals surface area contributed by atoms with Gasteiger partial charge in [0, 0.05) is 31.5 Å². The van der Waals surface area contributed by atoms with Crippen molar-refractivity contribution in [2.45, 2.75) is 44.7 Å². The van der Waals surface area contributed by atoms with Gasteiger partial charge in [0.1, 0.15) is 5.82 Å². The van der Waals surface area contributed by atoms with Gasteiger partial charge in [-0.15, -0.1) is 0 Å². The van der Waals surface area contributed by atoms with Gasteiger partial charge in [-0.25, -0.2) is 4.39 Å². The Morgan fingerprint density at radius 1 is 1.27 bits per heavy atom. The maximum Gasteiger partial charge on any atom is 0.244 e. The van der Waals surface area contributed by atoms with Crippen LogP contribution in [0.15, 0.2) is 18.2 Å². The van der Waals surface area contributed by atoms with Gasteiger partial charge in [0.05, 0.1) is 6.04 Å². The van der Waals surface area contributed by atoms with Crippen LogP contribution in [-0.4, -0.2) is 37.7 Å². The number of amides is 1. The van der Waals surface area contributed by atoms with Crippen molar-refractivity contribution in [3.8, 4) is 0 Å². The van der Waals surface area contributed by atoms with Gasteiger partial charge in [0.15, 0.2) is 0 Å². The van der Waals surface area contributed by atoms with Crippen LogP contribution in [0.5, 0.6) is 0 Å². The van der Waals surface area contributed by atoms with E-state index in [1.807, 2.05) is 6.92 Å². The molecule has 22 heavy (non-hydrogen) atoms. The average Bonchev–Trinajstić information content (AvgIpc) is 2.51. The first-order valence-corrected chi connectivity index (χ1v) is 8.06. The van der Waals surface area contributed by atoms with Crippen LogP contribution in [0.25, 0.3) is 0 Å². The van der Waals surface area contributed by atoms with Crippen molar-refractivity contribution in [3.05, 3.63) is 29.6 Å². The molecule has 0 bridgehead atoms. The van der Waals surface area contributed by atoms with Crippen molar-refractivity contribution in [2.24, 2.45) is 0 Å². The second kappa shape index (κ2) is 6.75. The molecule has 0 aliphatic carbocycles. The Balaban J connectivity index is 1.71. The van der Waals surface area contributed by atoms with Crippen LogP contribution < -0.4 is 10.2 Å². The molecule has 0 spiro atoms. The zero-order valence-corrected chi connectivity index (χ0v) is 13.0. The molecule has 3 rings (SSSR count). The highest BCUT2D eigenvalue weighted by molar-refractivity contribution is 5.98. The van der Waals surface area contributed by atoms with E-state index in [0.29, 0.717) is 12.6 Å². The van der Waals surface area contributed by atoms with Crippen molar-refractivity contribution in [3.63, 3.8) is 0 Å². The van der Waals surface area contributed by atoms with E-state index in [0.717, 1.165) is 50.1 Å². The van der Waals surface area contributed by atoms with E-state index in [1.54, 1.807) is 11.0 Å². The van der Waals surface area contributed by atoms with Gasteiger partial charge in [-0.2, -0.15) is 0 Å². The molecular formula is C17H23FN2O2. The minimum Gasteiger partial charge on any atom is -0.381 e. The Labute approximate surface area is 130 Å². The summed E-state index contributed by atoms with van der Waals surface area (Å²) in [4.78, 5) is 14.6. The molecule has 4 nitrogen and oxygen atoms in total. The molecule has 120 valence electrons. The van der Waals surface area contributed by atoms with E-state index in [9.17, 15) is 9.18 Å². The van der Waals surface area contributed by atoms with Crippen LogP contribution in [-0.2, 0) is 9.53 Å². The molecule has 1 N–H and O–H groups in total. The highest BCUT2D eigenvalue weighted by atomic mass is 19.1. The molecule has 1 unspecified atom stereocenters. The number of rotatable bonds is 3. The molecular weight excluding hydrogens is 283 g/mol. The van der Waals surface area contributed by atoms with E-state index >= 15 is 0 Å². The summed E-state index contributed by atoms with van der Waals surface area (Å²) in [6.45, 7) is 4.08. The number of aryl methyl sites for hydroxylation is 1. The number of nitrogens with one attached hydrogen (secondary N) is 1. The third-order valence-electron chi connectivity index (χ3n) is 4.55. The lowest BCUT2D eigenvalue weighted by Gasteiger charge is -2.36. The lowest BCUT2D eigenvalue weighted by Crippen LogP contribution is -2.54. The number of hydrogen-bond acceptors (Lipinski definition) is 3. The lowest BCUT2D eigenvalue weighted by atomic mass is 10.00. The molecule has 2 heterocycles. The summed E-state index contributed by atoms with van der Waals surface area (Å²) in [5, 5.41) is 3.49. The number of carbonyl (C=O) groups excluding carboxylic acids is 1. The zero-order valence-electron chi connectivity index (χ0n) is 13.0. The van der Waals surface area contributed by atoms with Crippen LogP contribution >= 0.6 is 0 Å². The Morgan fingerprint density at radius 3 is 2.77 bits per heavy atom. The fourth-order valence-electron chi connectivity index (χ4n) is 3.34. The molecule has 2 saturated heterocycles. The van der Waals surface area contributed by atoms with Crippen molar-refractivity contribution < 1.29 is 13.9 Å². The minimum absolute atomic E-state index is 0.104. The number of halogens is 1. The highest BCUT2D eigenvalue weighted by Gasteiger charge is 2.32. The topological polar surface area (TPSA) is 41.6 Å². The summed E-state index contributed by atoms with van der Waals surface area (Å²) in [7, 11) is 0. The molecule has 2 aliphatic rings. The molecule has 2 fully saturated rings. The monoisotopic (exact) mass is 306 g/mol. The molecule has 1 aromatic rings. The Morgan fingerprint density at radius 2 is 2.05 bits per heavy atom. The number of carbonyl (C=O) groups is 1. The Bertz CT molecular complexity index is 543. The SMILES string of the molecule is Cc1cc(F)ccc1N1CCCC(NC2CCOCC2)C1=O. The van der Waals surface area contributed by atoms with Gasteiger partial charge in [-0.05, 0) is 56.4 Å². The third kappa shape index (κ3) is 3.31. The largest absolute Gasteiger partial charge is 0.381 e. The second-order valence-corrected chi connectivity index (χ2v) is 6.17. The first-order valence-electron chi connectivity index (χ1n) is 8.06. The van der Waals surface area contributed by atoms with Crippen molar-refractivity contribution in [1.82, 2.24) is 5.32 Å². The van der Waals surface area contributed by atoms with E-state index in [1.165, 1.54) is 12.1 Å². The number of ether oxygens (including phenoxy) is 1. The number of nitrogens with zero attached hydrogens (tertiary/aromatic N) is 1. The average molecular weight is 306 g/mol. The van der Waals surface area contributed by atoms with Crippen LogP contribution in [0.2, 0.25) is 0 Å². The molecule has 5 heteroatoms. The van der Waals surface area contributed by atoms with Gasteiger partial charge in [0.25, 0.3) is 0 Å². The van der Waals surface area contributed by atoms with Gasteiger partial charge in [-0.3, -0.25) is 4.79 Å². The van der Waals surface area contributed by atoms with Crippen LogP contribution in [0.3, 0.4) is 0 Å². The van der Waals surface area contributed by atoms with Gasteiger partial charge in [-0.1, -0.05) is 0 Å². The van der Waals surface area contributed by atoms with Crippen LogP contribution in [0.4, 0.5) is 10.1 Å². The van der Waals surface area contributed by atoms with Gasteiger partial charge < -0.3 is 15.0 Å². The van der Waals surface area contributed by atoms with Gasteiger partial charge >= 0.3 is 0 Å². The molecule has 1 atom stereocenters. The maximum absolute atomic E-state index is 13.3. The maximum atomic E-state index is 13.3. The zero-order chi connectivity index (χ0) is 15.5.